The SMILES string of the molecule is CC(=O)OC[C@H]1O[C@@H](S[C@H]2[C@H](OC(C)=O)O[C@H](COC(C)=O)[C@@H](OC(C)=O)[C@@H]2OC(C)=O)[C@H](OC(C)=O)[C@@H](OC(C)=O)[C@@H]1OC(C)=O. The van der Waals surface area contributed by atoms with Crippen molar-refractivity contribution in [1.82, 2.24) is 0 Å². The van der Waals surface area contributed by atoms with Crippen LogP contribution in [0.25, 0.3) is 0 Å². The normalized spacial score (nSPS) is 30.0. The summed E-state index contributed by atoms with van der Waals surface area (Å²) >= 11 is 0.689. The predicted octanol–water partition coefficient (Wildman–Crippen LogP) is -0.114. The smallest absolute Gasteiger partial charge is 0.304 e. The summed E-state index contributed by atoms with van der Waals surface area (Å²) in [6.45, 7) is 7.49. The molecule has 2 saturated heterocycles. The summed E-state index contributed by atoms with van der Waals surface area (Å²) in [4.78, 5) is 96.6. The van der Waals surface area contributed by atoms with Gasteiger partial charge in [0.05, 0.1) is 0 Å². The van der Waals surface area contributed by atoms with Crippen molar-refractivity contribution in [2.24, 2.45) is 0 Å². The van der Waals surface area contributed by atoms with Gasteiger partial charge in [0.2, 0.25) is 6.29 Å². The molecule has 10 atom stereocenters. The number of hydrogen-bond donors (Lipinski definition) is 0. The monoisotopic (exact) mass is 694 g/mol. The molecule has 2 aliphatic heterocycles. The van der Waals surface area contributed by atoms with Crippen LogP contribution in [0.3, 0.4) is 0 Å². The predicted molar refractivity (Wildman–Crippen MR) is 152 cm³/mol. The molecule has 0 N–H and O–H groups in total. The Morgan fingerprint density at radius 2 is 0.809 bits per heavy atom. The summed E-state index contributed by atoms with van der Waals surface area (Å²) in [6.07, 6.45) is -11.8. The van der Waals surface area contributed by atoms with Crippen LogP contribution >= 0.6 is 11.8 Å². The molecule has 18 nitrogen and oxygen atoms in total. The first kappa shape index (κ1) is 39.2. The average molecular weight is 695 g/mol. The minimum atomic E-state index is -1.61. The molecule has 2 rings (SSSR count). The Hall–Kier alpha value is -3.97. The fourth-order valence-corrected chi connectivity index (χ4v) is 6.22. The van der Waals surface area contributed by atoms with Crippen LogP contribution < -0.4 is 0 Å². The van der Waals surface area contributed by atoms with E-state index in [0.717, 1.165) is 55.4 Å². The van der Waals surface area contributed by atoms with Gasteiger partial charge in [-0.05, 0) is 0 Å². The highest BCUT2D eigenvalue weighted by Gasteiger charge is 2.57. The van der Waals surface area contributed by atoms with E-state index in [2.05, 4.69) is 0 Å². The highest BCUT2D eigenvalue weighted by atomic mass is 32.2. The van der Waals surface area contributed by atoms with Crippen LogP contribution in [-0.2, 0) is 85.7 Å². The van der Waals surface area contributed by atoms with Crippen LogP contribution in [0.4, 0.5) is 0 Å². The van der Waals surface area contributed by atoms with Gasteiger partial charge in [-0.1, -0.05) is 0 Å². The lowest BCUT2D eigenvalue weighted by Crippen LogP contribution is -2.64. The van der Waals surface area contributed by atoms with E-state index in [1.807, 2.05) is 0 Å². The first-order valence-electron chi connectivity index (χ1n) is 14.2. The first-order valence-corrected chi connectivity index (χ1v) is 15.1. The lowest BCUT2D eigenvalue weighted by molar-refractivity contribution is -0.258. The fourth-order valence-electron chi connectivity index (χ4n) is 4.73. The van der Waals surface area contributed by atoms with Crippen molar-refractivity contribution < 1.29 is 85.7 Å². The minimum Gasteiger partial charge on any atom is -0.463 e. The molecule has 2 fully saturated rings. The Morgan fingerprint density at radius 1 is 0.447 bits per heavy atom. The zero-order valence-corrected chi connectivity index (χ0v) is 27.8. The lowest BCUT2D eigenvalue weighted by Gasteiger charge is -2.48. The van der Waals surface area contributed by atoms with Gasteiger partial charge in [0.1, 0.15) is 36.1 Å². The van der Waals surface area contributed by atoms with Crippen molar-refractivity contribution in [2.45, 2.75) is 115 Å². The molecule has 264 valence electrons. The Labute approximate surface area is 273 Å². The number of esters is 8. The van der Waals surface area contributed by atoms with E-state index < -0.39 is 121 Å². The zero-order chi connectivity index (χ0) is 35.6. The standard InChI is InChI=1S/C28H38O18S/c1-11(29)37-9-19-22(40-14(4)32)24(42-16(6)34)26(27(45-19)44-18(8)36)47-28-25(43-17(7)35)23(41-15(5)33)21(39-13(3)31)20(46-28)10-38-12(2)30/h19-28H,9-10H2,1-8H3/t19-,20-,21-,22-,23+,24+,25-,26-,27-,28+/m1/s1. The number of rotatable bonds is 12. The van der Waals surface area contributed by atoms with Crippen molar-refractivity contribution in [1.29, 1.82) is 0 Å². The summed E-state index contributed by atoms with van der Waals surface area (Å²) in [5.41, 5.74) is -1.44. The zero-order valence-electron chi connectivity index (χ0n) is 26.9. The fraction of sp³-hybridized carbons (Fsp3) is 0.714. The van der Waals surface area contributed by atoms with Crippen LogP contribution in [0.5, 0.6) is 0 Å². The van der Waals surface area contributed by atoms with Crippen molar-refractivity contribution in [2.75, 3.05) is 13.2 Å². The topological polar surface area (TPSA) is 229 Å². The molecular formula is C28H38O18S. The number of carbonyl (C=O) groups excluding carboxylic acids is 8. The maximum Gasteiger partial charge on any atom is 0.304 e. The van der Waals surface area contributed by atoms with E-state index in [1.54, 1.807) is 0 Å². The maximum atomic E-state index is 12.4. The van der Waals surface area contributed by atoms with Gasteiger partial charge in [-0.15, -0.1) is 11.8 Å². The van der Waals surface area contributed by atoms with Crippen molar-refractivity contribution in [3.05, 3.63) is 0 Å². The van der Waals surface area contributed by atoms with E-state index in [0.29, 0.717) is 11.8 Å². The Kier molecular flexibility index (Phi) is 14.9. The average Bonchev–Trinajstić information content (AvgIpc) is 2.91. The molecule has 0 bridgehead atoms. The molecule has 47 heavy (non-hydrogen) atoms. The van der Waals surface area contributed by atoms with Gasteiger partial charge in [0.25, 0.3) is 0 Å². The highest BCUT2D eigenvalue weighted by Crippen LogP contribution is 2.42. The van der Waals surface area contributed by atoms with Gasteiger partial charge in [0, 0.05) is 55.4 Å². The Bertz CT molecular complexity index is 1200. The minimum absolute atomic E-state index is 0.515. The van der Waals surface area contributed by atoms with Gasteiger partial charge in [-0.3, -0.25) is 38.4 Å². The molecule has 0 aliphatic carbocycles. The van der Waals surface area contributed by atoms with E-state index >= 15 is 0 Å². The molecule has 2 aliphatic rings. The molecule has 2 heterocycles. The van der Waals surface area contributed by atoms with Gasteiger partial charge in [-0.2, -0.15) is 0 Å². The molecule has 0 radical (unpaired) electrons. The largest absolute Gasteiger partial charge is 0.463 e. The van der Waals surface area contributed by atoms with Crippen LogP contribution in [0, 0.1) is 0 Å². The number of ether oxygens (including phenoxy) is 10. The third kappa shape index (κ3) is 12.3. The van der Waals surface area contributed by atoms with Crippen molar-refractivity contribution in [3.8, 4) is 0 Å². The van der Waals surface area contributed by atoms with Gasteiger partial charge < -0.3 is 47.4 Å². The maximum absolute atomic E-state index is 12.4. The van der Waals surface area contributed by atoms with Crippen LogP contribution in [0.1, 0.15) is 55.4 Å². The van der Waals surface area contributed by atoms with E-state index in [-0.39, 0.29) is 0 Å². The summed E-state index contributed by atoms with van der Waals surface area (Å²) in [5.74, 6) is -6.63. The number of carbonyl (C=O) groups is 8. The molecule has 0 aromatic heterocycles. The molecule has 19 heteroatoms. The molecule has 0 aromatic carbocycles. The third-order valence-corrected chi connectivity index (χ3v) is 7.62. The quantitative estimate of drug-likeness (QED) is 0.192. The first-order chi connectivity index (χ1) is 21.9. The van der Waals surface area contributed by atoms with Crippen LogP contribution in [0.2, 0.25) is 0 Å². The second kappa shape index (κ2) is 17.8. The highest BCUT2D eigenvalue weighted by molar-refractivity contribution is 8.00. The van der Waals surface area contributed by atoms with Gasteiger partial charge >= 0.3 is 47.8 Å². The number of hydrogen-bond acceptors (Lipinski definition) is 19. The second-order valence-corrected chi connectivity index (χ2v) is 11.6. The van der Waals surface area contributed by atoms with Gasteiger partial charge in [-0.25, -0.2) is 0 Å². The van der Waals surface area contributed by atoms with Crippen LogP contribution in [0.15, 0.2) is 0 Å². The summed E-state index contributed by atoms with van der Waals surface area (Å²) < 4.78 is 54.9. The van der Waals surface area contributed by atoms with E-state index in [4.69, 9.17) is 47.4 Å². The third-order valence-electron chi connectivity index (χ3n) is 6.17. The summed E-state index contributed by atoms with van der Waals surface area (Å²) in [6, 6.07) is 0. The summed E-state index contributed by atoms with van der Waals surface area (Å²) in [5, 5.41) is -1.35. The van der Waals surface area contributed by atoms with Gasteiger partial charge in [0.15, 0.2) is 30.5 Å². The lowest BCUT2D eigenvalue weighted by atomic mass is 9.99. The molecule has 0 unspecified atom stereocenters. The second-order valence-electron chi connectivity index (χ2n) is 10.3. The molecule has 0 saturated carbocycles. The molecule has 0 spiro atoms. The van der Waals surface area contributed by atoms with E-state index in [9.17, 15) is 38.4 Å². The van der Waals surface area contributed by atoms with Crippen molar-refractivity contribution >= 4 is 59.5 Å². The van der Waals surface area contributed by atoms with E-state index in [1.165, 1.54) is 0 Å². The molecule has 0 amide bonds. The molecule has 0 aromatic rings. The van der Waals surface area contributed by atoms with Crippen LogP contribution in [-0.4, -0.2) is 121 Å². The molecular weight excluding hydrogens is 656 g/mol. The Balaban J connectivity index is 2.72. The summed E-state index contributed by atoms with van der Waals surface area (Å²) in [7, 11) is 0. The Morgan fingerprint density at radius 3 is 1.23 bits per heavy atom. The number of thioether (sulfide) groups is 1. The van der Waals surface area contributed by atoms with Crippen molar-refractivity contribution in [3.63, 3.8) is 0 Å².